The van der Waals surface area contributed by atoms with Gasteiger partial charge in [0.25, 0.3) is 0 Å². The van der Waals surface area contributed by atoms with E-state index in [1.54, 1.807) is 0 Å². The minimum absolute atomic E-state index is 0.234. The van der Waals surface area contributed by atoms with Crippen LogP contribution in [0, 0.1) is 0 Å². The van der Waals surface area contributed by atoms with Crippen LogP contribution in [-0.2, 0) is 4.74 Å². The first-order chi connectivity index (χ1) is 8.69. The molecule has 1 aromatic carbocycles. The van der Waals surface area contributed by atoms with Crippen LogP contribution in [0.5, 0.6) is 0 Å². The number of benzene rings is 1. The molecule has 1 aromatic rings. The molecular formula is C13H22N4O. The molecule has 1 saturated heterocycles. The molecule has 2 rings (SSSR count). The number of nitrogens with zero attached hydrogens (tertiary/aromatic N) is 1. The third-order valence-electron chi connectivity index (χ3n) is 3.29. The normalized spacial score (nSPS) is 20.8. The molecule has 0 radical (unpaired) electrons. The van der Waals surface area contributed by atoms with Crippen LogP contribution >= 0.6 is 0 Å². The van der Waals surface area contributed by atoms with E-state index in [0.717, 1.165) is 38.5 Å². The van der Waals surface area contributed by atoms with Crippen molar-refractivity contribution in [3.63, 3.8) is 0 Å². The molecule has 0 saturated carbocycles. The quantitative estimate of drug-likeness (QED) is 0.695. The molecule has 100 valence electrons. The Morgan fingerprint density at radius 1 is 1.39 bits per heavy atom. The smallest absolute Gasteiger partial charge is 0.0874 e. The molecule has 1 heterocycles. The van der Waals surface area contributed by atoms with E-state index in [1.807, 2.05) is 18.2 Å². The molecule has 0 bridgehead atoms. The third-order valence-corrected chi connectivity index (χ3v) is 3.29. The summed E-state index contributed by atoms with van der Waals surface area (Å²) in [6.45, 7) is 6.87. The van der Waals surface area contributed by atoms with Crippen LogP contribution in [0.3, 0.4) is 0 Å². The van der Waals surface area contributed by atoms with Crippen molar-refractivity contribution in [2.75, 3.05) is 49.6 Å². The predicted molar refractivity (Wildman–Crippen MR) is 75.6 cm³/mol. The van der Waals surface area contributed by atoms with Gasteiger partial charge in [0, 0.05) is 25.3 Å². The monoisotopic (exact) mass is 250 g/mol. The minimum Gasteiger partial charge on any atom is -0.397 e. The molecule has 0 aromatic heterocycles. The lowest BCUT2D eigenvalue weighted by Gasteiger charge is -2.32. The van der Waals surface area contributed by atoms with E-state index in [4.69, 9.17) is 16.2 Å². The van der Waals surface area contributed by atoms with Gasteiger partial charge in [-0.1, -0.05) is 6.92 Å². The van der Waals surface area contributed by atoms with Gasteiger partial charge in [-0.3, -0.25) is 4.90 Å². The Balaban J connectivity index is 1.85. The lowest BCUT2D eigenvalue weighted by Crippen LogP contribution is -2.45. The molecule has 5 nitrogen and oxygen atoms in total. The summed E-state index contributed by atoms with van der Waals surface area (Å²) >= 11 is 0. The highest BCUT2D eigenvalue weighted by Gasteiger charge is 2.18. The Kier molecular flexibility index (Phi) is 4.28. The van der Waals surface area contributed by atoms with Crippen LogP contribution in [0.4, 0.5) is 17.1 Å². The molecule has 1 unspecified atom stereocenters. The number of rotatable bonds is 4. The molecule has 18 heavy (non-hydrogen) atoms. The number of morpholine rings is 1. The van der Waals surface area contributed by atoms with Crippen LogP contribution < -0.4 is 16.8 Å². The second-order valence-corrected chi connectivity index (χ2v) is 4.61. The fraction of sp³-hybridized carbons (Fsp3) is 0.538. The molecule has 0 spiro atoms. The van der Waals surface area contributed by atoms with Crippen molar-refractivity contribution in [3.8, 4) is 0 Å². The molecule has 1 fully saturated rings. The second kappa shape index (κ2) is 5.93. The summed E-state index contributed by atoms with van der Waals surface area (Å²) in [6.07, 6.45) is 0.234. The van der Waals surface area contributed by atoms with Crippen molar-refractivity contribution in [3.05, 3.63) is 18.2 Å². The number of likely N-dealkylation sites (N-methyl/N-ethyl adjacent to an activating group) is 1. The third kappa shape index (κ3) is 3.27. The number of nitrogen functional groups attached to an aromatic ring is 2. The first kappa shape index (κ1) is 13.0. The number of nitrogens with one attached hydrogen (secondary N) is 1. The Labute approximate surface area is 108 Å². The zero-order valence-electron chi connectivity index (χ0n) is 10.9. The van der Waals surface area contributed by atoms with Crippen LogP contribution in [0.2, 0.25) is 0 Å². The molecule has 1 atom stereocenters. The lowest BCUT2D eigenvalue weighted by atomic mass is 10.2. The van der Waals surface area contributed by atoms with Crippen molar-refractivity contribution >= 4 is 17.1 Å². The molecule has 0 amide bonds. The summed E-state index contributed by atoms with van der Waals surface area (Å²) in [5, 5.41) is 3.34. The molecule has 1 aliphatic heterocycles. The molecular weight excluding hydrogens is 228 g/mol. The van der Waals surface area contributed by atoms with Crippen LogP contribution in [0.1, 0.15) is 6.92 Å². The van der Waals surface area contributed by atoms with Crippen molar-refractivity contribution in [1.29, 1.82) is 0 Å². The van der Waals surface area contributed by atoms with E-state index in [9.17, 15) is 0 Å². The highest BCUT2D eigenvalue weighted by Crippen LogP contribution is 2.19. The Morgan fingerprint density at radius 3 is 2.94 bits per heavy atom. The van der Waals surface area contributed by atoms with Crippen LogP contribution in [0.25, 0.3) is 0 Å². The van der Waals surface area contributed by atoms with Gasteiger partial charge < -0.3 is 21.5 Å². The summed E-state index contributed by atoms with van der Waals surface area (Å²) < 4.78 is 5.73. The first-order valence-corrected chi connectivity index (χ1v) is 6.42. The average Bonchev–Trinajstić information content (AvgIpc) is 2.40. The van der Waals surface area contributed by atoms with E-state index in [2.05, 4.69) is 17.1 Å². The van der Waals surface area contributed by atoms with E-state index in [1.165, 1.54) is 0 Å². The second-order valence-electron chi connectivity index (χ2n) is 4.61. The van der Waals surface area contributed by atoms with Gasteiger partial charge in [0.2, 0.25) is 0 Å². The van der Waals surface area contributed by atoms with Gasteiger partial charge in [-0.05, 0) is 24.7 Å². The maximum Gasteiger partial charge on any atom is 0.0874 e. The SMILES string of the molecule is CCN1CCOC(CNc2ccc(N)c(N)c2)C1. The fourth-order valence-electron chi connectivity index (χ4n) is 2.11. The van der Waals surface area contributed by atoms with E-state index in [-0.39, 0.29) is 6.10 Å². The minimum atomic E-state index is 0.234. The molecule has 1 aliphatic rings. The highest BCUT2D eigenvalue weighted by molar-refractivity contribution is 5.69. The fourth-order valence-corrected chi connectivity index (χ4v) is 2.11. The number of nitrogens with two attached hydrogens (primary N) is 2. The number of hydrogen-bond acceptors (Lipinski definition) is 5. The highest BCUT2D eigenvalue weighted by atomic mass is 16.5. The molecule has 0 aliphatic carbocycles. The zero-order valence-corrected chi connectivity index (χ0v) is 10.9. The summed E-state index contributed by atoms with van der Waals surface area (Å²) in [4.78, 5) is 2.40. The Hall–Kier alpha value is -1.46. The molecule has 5 N–H and O–H groups in total. The number of ether oxygens (including phenoxy) is 1. The van der Waals surface area contributed by atoms with Crippen molar-refractivity contribution in [1.82, 2.24) is 4.90 Å². The zero-order chi connectivity index (χ0) is 13.0. The summed E-state index contributed by atoms with van der Waals surface area (Å²) in [7, 11) is 0. The summed E-state index contributed by atoms with van der Waals surface area (Å²) in [5.41, 5.74) is 13.7. The predicted octanol–water partition coefficient (Wildman–Crippen LogP) is 0.984. The largest absolute Gasteiger partial charge is 0.397 e. The van der Waals surface area contributed by atoms with Gasteiger partial charge in [0.1, 0.15) is 0 Å². The van der Waals surface area contributed by atoms with Crippen LogP contribution in [-0.4, -0.2) is 43.8 Å². The van der Waals surface area contributed by atoms with Gasteiger partial charge in [-0.2, -0.15) is 0 Å². The van der Waals surface area contributed by atoms with Crippen molar-refractivity contribution < 1.29 is 4.74 Å². The summed E-state index contributed by atoms with van der Waals surface area (Å²) in [5.74, 6) is 0. The molecule has 5 heteroatoms. The van der Waals surface area contributed by atoms with Gasteiger partial charge in [0.15, 0.2) is 0 Å². The van der Waals surface area contributed by atoms with Gasteiger partial charge in [-0.25, -0.2) is 0 Å². The Bertz CT molecular complexity index is 397. The van der Waals surface area contributed by atoms with Crippen LogP contribution in [0.15, 0.2) is 18.2 Å². The van der Waals surface area contributed by atoms with Gasteiger partial charge in [0.05, 0.1) is 24.1 Å². The van der Waals surface area contributed by atoms with E-state index >= 15 is 0 Å². The Morgan fingerprint density at radius 2 is 2.22 bits per heavy atom. The van der Waals surface area contributed by atoms with Crippen molar-refractivity contribution in [2.45, 2.75) is 13.0 Å². The van der Waals surface area contributed by atoms with E-state index in [0.29, 0.717) is 11.4 Å². The standard InChI is InChI=1S/C13H22N4O/c1-2-17-5-6-18-11(9-17)8-16-10-3-4-12(14)13(15)7-10/h3-4,7,11,16H,2,5-6,8-9,14-15H2,1H3. The van der Waals surface area contributed by atoms with Gasteiger partial charge >= 0.3 is 0 Å². The first-order valence-electron chi connectivity index (χ1n) is 6.42. The van der Waals surface area contributed by atoms with Gasteiger partial charge in [-0.15, -0.1) is 0 Å². The maximum atomic E-state index is 5.77. The lowest BCUT2D eigenvalue weighted by molar-refractivity contribution is -0.0191. The topological polar surface area (TPSA) is 76.5 Å². The van der Waals surface area contributed by atoms with E-state index < -0.39 is 0 Å². The summed E-state index contributed by atoms with van der Waals surface area (Å²) in [6, 6.07) is 5.61. The number of anilines is 3. The maximum absolute atomic E-state index is 5.77. The number of hydrogen-bond donors (Lipinski definition) is 3. The van der Waals surface area contributed by atoms with Crippen molar-refractivity contribution in [2.24, 2.45) is 0 Å². The average molecular weight is 250 g/mol.